The number of fused-ring (bicyclic) bond motifs is 5. The first-order chi connectivity index (χ1) is 8.43. The van der Waals surface area contributed by atoms with Gasteiger partial charge in [-0.3, -0.25) is 5.10 Å². The van der Waals surface area contributed by atoms with Crippen molar-refractivity contribution >= 4 is 5.82 Å². The van der Waals surface area contributed by atoms with E-state index < -0.39 is 0 Å². The first kappa shape index (κ1) is 9.95. The van der Waals surface area contributed by atoms with Crippen LogP contribution >= 0.6 is 0 Å². The van der Waals surface area contributed by atoms with Gasteiger partial charge in [-0.2, -0.15) is 5.10 Å². The van der Waals surface area contributed by atoms with Crippen LogP contribution in [0, 0.1) is 0 Å². The molecular formula is C13H20N4. The van der Waals surface area contributed by atoms with E-state index in [4.69, 9.17) is 0 Å². The number of anilines is 1. The summed E-state index contributed by atoms with van der Waals surface area (Å²) < 4.78 is 0. The quantitative estimate of drug-likeness (QED) is 0.772. The molecule has 0 aromatic carbocycles. The van der Waals surface area contributed by atoms with Crippen LogP contribution < -0.4 is 10.2 Å². The van der Waals surface area contributed by atoms with E-state index in [0.29, 0.717) is 0 Å². The molecule has 0 amide bonds. The summed E-state index contributed by atoms with van der Waals surface area (Å²) in [6, 6.07) is 0. The number of H-pyrrole nitrogens is 1. The van der Waals surface area contributed by atoms with Gasteiger partial charge in [0, 0.05) is 36.8 Å². The van der Waals surface area contributed by atoms with E-state index in [-0.39, 0.29) is 0 Å². The van der Waals surface area contributed by atoms with Gasteiger partial charge < -0.3 is 10.2 Å². The second-order valence-electron chi connectivity index (χ2n) is 5.67. The predicted molar refractivity (Wildman–Crippen MR) is 67.6 cm³/mol. The minimum Gasteiger partial charge on any atom is -0.354 e. The lowest BCUT2D eigenvalue weighted by Gasteiger charge is -2.22. The van der Waals surface area contributed by atoms with E-state index in [1.165, 1.54) is 37.2 Å². The summed E-state index contributed by atoms with van der Waals surface area (Å²) in [5.74, 6) is 2.87. The fourth-order valence-electron chi connectivity index (χ4n) is 3.87. The Morgan fingerprint density at radius 1 is 1.12 bits per heavy atom. The molecule has 2 atom stereocenters. The molecule has 2 bridgehead atoms. The molecule has 92 valence electrons. The second-order valence-corrected chi connectivity index (χ2v) is 5.67. The highest BCUT2D eigenvalue weighted by Gasteiger charge is 2.41. The van der Waals surface area contributed by atoms with E-state index in [2.05, 4.69) is 20.4 Å². The third-order valence-electron chi connectivity index (χ3n) is 4.70. The molecule has 2 fully saturated rings. The topological polar surface area (TPSA) is 44.0 Å². The van der Waals surface area contributed by atoms with E-state index >= 15 is 0 Å². The maximum Gasteiger partial charge on any atom is 0.154 e. The Hall–Kier alpha value is -1.03. The van der Waals surface area contributed by atoms with Crippen molar-refractivity contribution in [1.29, 1.82) is 0 Å². The van der Waals surface area contributed by atoms with Gasteiger partial charge in [-0.1, -0.05) is 0 Å². The molecule has 2 N–H and O–H groups in total. The highest BCUT2D eigenvalue weighted by Crippen LogP contribution is 2.54. The number of nitrogens with one attached hydrogen (secondary N) is 2. The molecule has 1 aliphatic heterocycles. The summed E-state index contributed by atoms with van der Waals surface area (Å²) in [5, 5.41) is 11.4. The third kappa shape index (κ3) is 1.43. The summed E-state index contributed by atoms with van der Waals surface area (Å²) in [4.78, 5) is 2.48. The monoisotopic (exact) mass is 232 g/mol. The van der Waals surface area contributed by atoms with Gasteiger partial charge in [0.1, 0.15) is 0 Å². The molecule has 2 heterocycles. The van der Waals surface area contributed by atoms with Crippen LogP contribution in [-0.2, 0) is 0 Å². The normalized spacial score (nSPS) is 31.6. The fraction of sp³-hybridized carbons (Fsp3) is 0.769. The molecule has 17 heavy (non-hydrogen) atoms. The standard InChI is InChI=1S/C13H20N4/c1-4-14-5-7-17(6-1)13-11-9-2-3-10(8-9)12(11)15-16-13/h9-10,14H,1-8H2,(H,15,16). The average molecular weight is 232 g/mol. The maximum atomic E-state index is 4.62. The Labute approximate surface area is 102 Å². The SMILES string of the molecule is C1CNCCN(c2n[nH]c3c2C2CCC3C2)C1. The summed E-state index contributed by atoms with van der Waals surface area (Å²) in [5.41, 5.74) is 3.04. The molecule has 2 aliphatic carbocycles. The Bertz CT molecular complexity index is 417. The van der Waals surface area contributed by atoms with Crippen LogP contribution in [0.4, 0.5) is 5.82 Å². The first-order valence-corrected chi connectivity index (χ1v) is 6.97. The predicted octanol–water partition coefficient (Wildman–Crippen LogP) is 1.57. The molecule has 4 rings (SSSR count). The molecule has 1 aromatic heterocycles. The van der Waals surface area contributed by atoms with Crippen LogP contribution in [0.1, 0.15) is 48.8 Å². The average Bonchev–Trinajstić information content (AvgIpc) is 2.98. The van der Waals surface area contributed by atoms with Crippen molar-refractivity contribution in [3.8, 4) is 0 Å². The van der Waals surface area contributed by atoms with Crippen LogP contribution in [0.2, 0.25) is 0 Å². The highest BCUT2D eigenvalue weighted by atomic mass is 15.3. The lowest BCUT2D eigenvalue weighted by atomic mass is 9.97. The number of nitrogens with zero attached hydrogens (tertiary/aromatic N) is 2. The number of rotatable bonds is 1. The molecule has 2 unspecified atom stereocenters. The Balaban J connectivity index is 1.68. The number of hydrogen-bond acceptors (Lipinski definition) is 3. The van der Waals surface area contributed by atoms with Crippen molar-refractivity contribution in [2.45, 2.75) is 37.5 Å². The third-order valence-corrected chi connectivity index (χ3v) is 4.70. The van der Waals surface area contributed by atoms with E-state index in [9.17, 15) is 0 Å². The summed E-state index contributed by atoms with van der Waals surface area (Å²) >= 11 is 0. The van der Waals surface area contributed by atoms with Crippen molar-refractivity contribution in [2.24, 2.45) is 0 Å². The minimum atomic E-state index is 0.793. The van der Waals surface area contributed by atoms with Gasteiger partial charge in [-0.05, 0) is 38.1 Å². The number of aromatic nitrogens is 2. The Kier molecular flexibility index (Phi) is 2.18. The van der Waals surface area contributed by atoms with Crippen LogP contribution in [0.5, 0.6) is 0 Å². The zero-order valence-electron chi connectivity index (χ0n) is 10.2. The molecule has 1 aromatic rings. The van der Waals surface area contributed by atoms with Gasteiger partial charge in [0.15, 0.2) is 5.82 Å². The number of aromatic amines is 1. The maximum absolute atomic E-state index is 4.62. The smallest absolute Gasteiger partial charge is 0.154 e. The molecule has 0 radical (unpaired) electrons. The largest absolute Gasteiger partial charge is 0.354 e. The zero-order chi connectivity index (χ0) is 11.2. The van der Waals surface area contributed by atoms with Crippen LogP contribution in [0.3, 0.4) is 0 Å². The summed E-state index contributed by atoms with van der Waals surface area (Å²) in [6.07, 6.45) is 5.37. The summed E-state index contributed by atoms with van der Waals surface area (Å²) in [6.45, 7) is 4.50. The van der Waals surface area contributed by atoms with Gasteiger partial charge in [0.2, 0.25) is 0 Å². The highest BCUT2D eigenvalue weighted by molar-refractivity contribution is 5.56. The van der Waals surface area contributed by atoms with Crippen LogP contribution in [-0.4, -0.2) is 36.4 Å². The van der Waals surface area contributed by atoms with Crippen molar-refractivity contribution in [3.05, 3.63) is 11.3 Å². The van der Waals surface area contributed by atoms with Crippen molar-refractivity contribution in [2.75, 3.05) is 31.1 Å². The van der Waals surface area contributed by atoms with Crippen molar-refractivity contribution in [3.63, 3.8) is 0 Å². The fourth-order valence-corrected chi connectivity index (χ4v) is 3.87. The van der Waals surface area contributed by atoms with E-state index in [1.54, 1.807) is 5.56 Å². The molecule has 1 saturated heterocycles. The van der Waals surface area contributed by atoms with Gasteiger partial charge in [0.25, 0.3) is 0 Å². The minimum absolute atomic E-state index is 0.793. The van der Waals surface area contributed by atoms with Crippen LogP contribution in [0.15, 0.2) is 0 Å². The lowest BCUT2D eigenvalue weighted by Crippen LogP contribution is -2.29. The van der Waals surface area contributed by atoms with Gasteiger partial charge in [-0.15, -0.1) is 0 Å². The molecule has 0 spiro atoms. The molecule has 3 aliphatic rings. The molecule has 4 heteroatoms. The van der Waals surface area contributed by atoms with Gasteiger partial charge in [0.05, 0.1) is 0 Å². The Morgan fingerprint density at radius 3 is 3.06 bits per heavy atom. The van der Waals surface area contributed by atoms with E-state index in [1.807, 2.05) is 0 Å². The number of hydrogen-bond donors (Lipinski definition) is 2. The Morgan fingerprint density at radius 2 is 2.06 bits per heavy atom. The van der Waals surface area contributed by atoms with Gasteiger partial charge >= 0.3 is 0 Å². The zero-order valence-corrected chi connectivity index (χ0v) is 10.2. The van der Waals surface area contributed by atoms with Crippen molar-refractivity contribution in [1.82, 2.24) is 15.5 Å². The summed E-state index contributed by atoms with van der Waals surface area (Å²) in [7, 11) is 0. The lowest BCUT2D eigenvalue weighted by molar-refractivity contribution is 0.700. The first-order valence-electron chi connectivity index (χ1n) is 6.97. The molecule has 4 nitrogen and oxygen atoms in total. The molecule has 1 saturated carbocycles. The van der Waals surface area contributed by atoms with E-state index in [0.717, 1.165) is 38.0 Å². The van der Waals surface area contributed by atoms with Gasteiger partial charge in [-0.25, -0.2) is 0 Å². The molecular weight excluding hydrogens is 212 g/mol. The van der Waals surface area contributed by atoms with Crippen LogP contribution in [0.25, 0.3) is 0 Å². The second kappa shape index (κ2) is 3.73. The van der Waals surface area contributed by atoms with Crippen molar-refractivity contribution < 1.29 is 0 Å².